The highest BCUT2D eigenvalue weighted by atomic mass is 14.6. The van der Waals surface area contributed by atoms with E-state index < -0.39 is 0 Å². The lowest BCUT2D eigenvalue weighted by atomic mass is 9.91. The maximum absolute atomic E-state index is 6.21. The third-order valence-corrected chi connectivity index (χ3v) is 3.76. The van der Waals surface area contributed by atoms with Gasteiger partial charge in [-0.05, 0) is 31.1 Å². The Balaban J connectivity index is 3.33. The minimum atomic E-state index is 0.439. The second-order valence-corrected chi connectivity index (χ2v) is 6.64. The number of hydrogen-bond acceptors (Lipinski definition) is 1. The number of rotatable bonds is 12. The van der Waals surface area contributed by atoms with E-state index in [4.69, 9.17) is 5.73 Å². The molecule has 0 aromatic carbocycles. The summed E-state index contributed by atoms with van der Waals surface area (Å²) in [6, 6.07) is 0.439. The lowest BCUT2D eigenvalue weighted by molar-refractivity contribution is 0.370. The molecule has 0 rings (SSSR count). The zero-order valence-electron chi connectivity index (χ0n) is 13.4. The van der Waals surface area contributed by atoms with Gasteiger partial charge in [-0.1, -0.05) is 72.6 Å². The Morgan fingerprint density at radius 3 is 1.89 bits per heavy atom. The first-order valence-corrected chi connectivity index (χ1v) is 8.31. The summed E-state index contributed by atoms with van der Waals surface area (Å²) in [5, 5.41) is 0. The van der Waals surface area contributed by atoms with Crippen LogP contribution in [0.3, 0.4) is 0 Å². The van der Waals surface area contributed by atoms with Crippen molar-refractivity contribution in [2.75, 3.05) is 0 Å². The first-order valence-electron chi connectivity index (χ1n) is 8.31. The molecule has 18 heavy (non-hydrogen) atoms. The summed E-state index contributed by atoms with van der Waals surface area (Å²) in [5.41, 5.74) is 6.21. The van der Waals surface area contributed by atoms with Gasteiger partial charge in [0.25, 0.3) is 0 Å². The zero-order valence-corrected chi connectivity index (χ0v) is 13.4. The van der Waals surface area contributed by atoms with Crippen LogP contribution in [0, 0.1) is 11.8 Å². The van der Waals surface area contributed by atoms with E-state index in [1.165, 1.54) is 64.2 Å². The van der Waals surface area contributed by atoms with Gasteiger partial charge in [-0.25, -0.2) is 0 Å². The average Bonchev–Trinajstić information content (AvgIpc) is 2.26. The normalized spacial score (nSPS) is 15.0. The molecule has 2 atom stereocenters. The Bertz CT molecular complexity index is 165. The molecule has 0 saturated carbocycles. The summed E-state index contributed by atoms with van der Waals surface area (Å²) in [6.45, 7) is 9.23. The first-order chi connectivity index (χ1) is 8.56. The van der Waals surface area contributed by atoms with Crippen molar-refractivity contribution in [1.29, 1.82) is 0 Å². The van der Waals surface area contributed by atoms with E-state index in [0.29, 0.717) is 6.04 Å². The third kappa shape index (κ3) is 12.4. The van der Waals surface area contributed by atoms with Crippen LogP contribution in [-0.4, -0.2) is 6.04 Å². The molecule has 0 aliphatic heterocycles. The number of unbranched alkanes of at least 4 members (excludes halogenated alkanes) is 6. The summed E-state index contributed by atoms with van der Waals surface area (Å²) in [6.07, 6.45) is 13.5. The highest BCUT2D eigenvalue weighted by Gasteiger charge is 2.10. The highest BCUT2D eigenvalue weighted by Crippen LogP contribution is 2.18. The van der Waals surface area contributed by atoms with Gasteiger partial charge in [0, 0.05) is 6.04 Å². The molecule has 0 heterocycles. The first kappa shape index (κ1) is 18.0. The standard InChI is InChI=1S/C17H37N/c1-5-6-7-8-9-10-11-12-17(18)14-16(4)13-15(2)3/h15-17H,5-14,18H2,1-4H3. The van der Waals surface area contributed by atoms with Gasteiger partial charge in [0.15, 0.2) is 0 Å². The average molecular weight is 255 g/mol. The fraction of sp³-hybridized carbons (Fsp3) is 1.00. The molecule has 0 saturated heterocycles. The van der Waals surface area contributed by atoms with Crippen molar-refractivity contribution in [3.8, 4) is 0 Å². The van der Waals surface area contributed by atoms with Crippen molar-refractivity contribution in [3.05, 3.63) is 0 Å². The highest BCUT2D eigenvalue weighted by molar-refractivity contribution is 4.67. The van der Waals surface area contributed by atoms with Crippen LogP contribution in [0.15, 0.2) is 0 Å². The molecule has 110 valence electrons. The lowest BCUT2D eigenvalue weighted by Gasteiger charge is -2.18. The zero-order chi connectivity index (χ0) is 13.8. The van der Waals surface area contributed by atoms with E-state index in [1.54, 1.807) is 0 Å². The molecule has 1 heteroatoms. The molecule has 0 aromatic heterocycles. The fourth-order valence-electron chi connectivity index (χ4n) is 2.90. The van der Waals surface area contributed by atoms with E-state index in [0.717, 1.165) is 11.8 Å². The van der Waals surface area contributed by atoms with Crippen molar-refractivity contribution < 1.29 is 0 Å². The summed E-state index contributed by atoms with van der Waals surface area (Å²) >= 11 is 0. The van der Waals surface area contributed by atoms with Gasteiger partial charge in [0.2, 0.25) is 0 Å². The van der Waals surface area contributed by atoms with Crippen LogP contribution in [0.1, 0.15) is 91.9 Å². The van der Waals surface area contributed by atoms with Gasteiger partial charge in [-0.15, -0.1) is 0 Å². The van der Waals surface area contributed by atoms with Crippen LogP contribution in [0.5, 0.6) is 0 Å². The Hall–Kier alpha value is -0.0400. The predicted molar refractivity (Wildman–Crippen MR) is 83.8 cm³/mol. The lowest BCUT2D eigenvalue weighted by Crippen LogP contribution is -2.23. The smallest absolute Gasteiger partial charge is 0.00413 e. The van der Waals surface area contributed by atoms with E-state index in [-0.39, 0.29) is 0 Å². The monoisotopic (exact) mass is 255 g/mol. The molecule has 2 N–H and O–H groups in total. The predicted octanol–water partition coefficient (Wildman–Crippen LogP) is 5.53. The van der Waals surface area contributed by atoms with E-state index >= 15 is 0 Å². The Morgan fingerprint density at radius 1 is 0.778 bits per heavy atom. The van der Waals surface area contributed by atoms with Crippen LogP contribution in [0.2, 0.25) is 0 Å². The Labute approximate surface area is 116 Å². The van der Waals surface area contributed by atoms with Gasteiger partial charge in [-0.3, -0.25) is 0 Å². The summed E-state index contributed by atoms with van der Waals surface area (Å²) < 4.78 is 0. The summed E-state index contributed by atoms with van der Waals surface area (Å²) in [5.74, 6) is 1.61. The van der Waals surface area contributed by atoms with Gasteiger partial charge in [0.05, 0.1) is 0 Å². The maximum atomic E-state index is 6.21. The SMILES string of the molecule is CCCCCCCCCC(N)CC(C)CC(C)C. The van der Waals surface area contributed by atoms with E-state index in [2.05, 4.69) is 27.7 Å². The maximum Gasteiger partial charge on any atom is 0.00413 e. The molecule has 0 amide bonds. The molecular formula is C17H37N. The molecule has 0 radical (unpaired) electrons. The second-order valence-electron chi connectivity index (χ2n) is 6.64. The molecule has 0 bridgehead atoms. The van der Waals surface area contributed by atoms with Crippen LogP contribution < -0.4 is 5.73 Å². The molecule has 0 aliphatic carbocycles. The molecule has 1 nitrogen and oxygen atoms in total. The largest absolute Gasteiger partial charge is 0.328 e. The van der Waals surface area contributed by atoms with Crippen LogP contribution in [0.25, 0.3) is 0 Å². The topological polar surface area (TPSA) is 26.0 Å². The van der Waals surface area contributed by atoms with Gasteiger partial charge < -0.3 is 5.73 Å². The Kier molecular flexibility index (Phi) is 12.0. The van der Waals surface area contributed by atoms with Gasteiger partial charge >= 0.3 is 0 Å². The van der Waals surface area contributed by atoms with Crippen molar-refractivity contribution in [1.82, 2.24) is 0 Å². The van der Waals surface area contributed by atoms with Crippen molar-refractivity contribution in [2.45, 2.75) is 97.9 Å². The van der Waals surface area contributed by atoms with E-state index in [1.807, 2.05) is 0 Å². The van der Waals surface area contributed by atoms with Crippen molar-refractivity contribution >= 4 is 0 Å². The summed E-state index contributed by atoms with van der Waals surface area (Å²) in [7, 11) is 0. The minimum absolute atomic E-state index is 0.439. The second kappa shape index (κ2) is 12.0. The molecule has 0 fully saturated rings. The number of hydrogen-bond donors (Lipinski definition) is 1. The summed E-state index contributed by atoms with van der Waals surface area (Å²) in [4.78, 5) is 0. The quantitative estimate of drug-likeness (QED) is 0.456. The fourth-order valence-corrected chi connectivity index (χ4v) is 2.90. The van der Waals surface area contributed by atoms with Crippen molar-refractivity contribution in [3.63, 3.8) is 0 Å². The number of nitrogens with two attached hydrogens (primary N) is 1. The minimum Gasteiger partial charge on any atom is -0.328 e. The van der Waals surface area contributed by atoms with Gasteiger partial charge in [-0.2, -0.15) is 0 Å². The van der Waals surface area contributed by atoms with Crippen molar-refractivity contribution in [2.24, 2.45) is 17.6 Å². The molecule has 0 aliphatic rings. The van der Waals surface area contributed by atoms with Crippen LogP contribution >= 0.6 is 0 Å². The molecule has 0 aromatic rings. The molecule has 0 spiro atoms. The Morgan fingerprint density at radius 2 is 1.33 bits per heavy atom. The van der Waals surface area contributed by atoms with E-state index in [9.17, 15) is 0 Å². The van der Waals surface area contributed by atoms with Gasteiger partial charge in [0.1, 0.15) is 0 Å². The van der Waals surface area contributed by atoms with Crippen LogP contribution in [-0.2, 0) is 0 Å². The van der Waals surface area contributed by atoms with Crippen LogP contribution in [0.4, 0.5) is 0 Å². The third-order valence-electron chi connectivity index (χ3n) is 3.76. The molecule has 2 unspecified atom stereocenters. The molecular weight excluding hydrogens is 218 g/mol.